The molecule has 0 saturated carbocycles. The average Bonchev–Trinajstić information content (AvgIpc) is 3.46. The molecule has 1 saturated heterocycles. The first-order chi connectivity index (χ1) is 21.7. The third-order valence-corrected chi connectivity index (χ3v) is 10.6. The van der Waals surface area contributed by atoms with Crippen molar-refractivity contribution in [3.05, 3.63) is 92.3 Å². The lowest BCUT2D eigenvalue weighted by atomic mass is 9.98. The number of benzene rings is 2. The van der Waals surface area contributed by atoms with E-state index in [9.17, 15) is 33.0 Å². The zero-order chi connectivity index (χ0) is 33.2. The van der Waals surface area contributed by atoms with Crippen LogP contribution >= 0.6 is 6.89 Å². The van der Waals surface area contributed by atoms with Gasteiger partial charge in [0.2, 0.25) is 0 Å². The number of fused-ring (bicyclic) bond motifs is 3. The summed E-state index contributed by atoms with van der Waals surface area (Å²) in [6.45, 7) is 2.18. The number of hydrogen-bond acceptors (Lipinski definition) is 11. The van der Waals surface area contributed by atoms with Crippen LogP contribution in [0.1, 0.15) is 35.3 Å². The van der Waals surface area contributed by atoms with Gasteiger partial charge in [0.15, 0.2) is 6.23 Å². The quantitative estimate of drug-likeness (QED) is 0.0947. The summed E-state index contributed by atoms with van der Waals surface area (Å²) in [6.07, 6.45) is 0.517. The second-order valence-electron chi connectivity index (χ2n) is 12.1. The van der Waals surface area contributed by atoms with Crippen molar-refractivity contribution in [2.45, 2.75) is 43.4 Å². The average molecular weight is 676 g/mol. The number of ether oxygens (including phenoxy) is 2. The number of H-pyrrole nitrogens is 1. The SMILES string of the molecule is C=P(C)(C)CC[C@H]1OC(n2cc(CNCCS(=O)(=O)OC(=O)OCC3c4ccccc4-c4ccccc43)c(=O)[nH]c2=O)[C@H](O)[C@@H]1O. The zero-order valence-electron chi connectivity index (χ0n) is 25.5. The van der Waals surface area contributed by atoms with E-state index in [1.54, 1.807) is 0 Å². The van der Waals surface area contributed by atoms with Crippen molar-refractivity contribution in [2.24, 2.45) is 0 Å². The van der Waals surface area contributed by atoms with Crippen LogP contribution in [-0.2, 0) is 30.3 Å². The number of aliphatic hydroxyl groups excluding tert-OH is 2. The molecule has 4 atom stereocenters. The smallest absolute Gasteiger partial charge is 0.432 e. The van der Waals surface area contributed by atoms with Crippen LogP contribution in [0.2, 0.25) is 0 Å². The van der Waals surface area contributed by atoms with Gasteiger partial charge in [-0.3, -0.25) is 14.3 Å². The number of nitrogens with one attached hydrogen (secondary N) is 2. The normalized spacial score (nSPS) is 21.1. The van der Waals surface area contributed by atoms with Gasteiger partial charge < -0.3 is 29.2 Å². The molecule has 0 amide bonds. The number of hydrogen-bond donors (Lipinski definition) is 4. The maximum Gasteiger partial charge on any atom is 0.524 e. The van der Waals surface area contributed by atoms with Gasteiger partial charge in [0.25, 0.3) is 5.56 Å². The number of carbonyl (C=O) groups is 1. The Hall–Kier alpha value is -3.52. The molecule has 5 rings (SSSR count). The van der Waals surface area contributed by atoms with Crippen LogP contribution in [0, 0.1) is 0 Å². The van der Waals surface area contributed by atoms with Gasteiger partial charge in [0, 0.05) is 30.8 Å². The Balaban J connectivity index is 1.13. The number of aromatic nitrogens is 2. The molecule has 0 radical (unpaired) electrons. The Bertz CT molecular complexity index is 1820. The molecular formula is C31H38N3O10PS. The van der Waals surface area contributed by atoms with E-state index in [1.165, 1.54) is 6.20 Å². The third kappa shape index (κ3) is 7.71. The third-order valence-electron chi connectivity index (χ3n) is 8.04. The van der Waals surface area contributed by atoms with Crippen LogP contribution in [0.3, 0.4) is 0 Å². The van der Waals surface area contributed by atoms with Crippen molar-refractivity contribution in [1.82, 2.24) is 14.9 Å². The largest absolute Gasteiger partial charge is 0.524 e. The highest BCUT2D eigenvalue weighted by molar-refractivity contribution is 7.87. The molecule has 1 aliphatic carbocycles. The van der Waals surface area contributed by atoms with Crippen LogP contribution in [-0.4, -0.2) is 97.3 Å². The molecule has 4 N–H and O–H groups in total. The number of aliphatic hydroxyl groups is 2. The maximum atomic E-state index is 12.5. The van der Waals surface area contributed by atoms with Gasteiger partial charge in [-0.05, 0) is 48.2 Å². The van der Waals surface area contributed by atoms with Crippen molar-refractivity contribution < 1.29 is 37.1 Å². The number of nitrogens with zero attached hydrogens (tertiary/aromatic N) is 1. The molecule has 1 unspecified atom stereocenters. The summed E-state index contributed by atoms with van der Waals surface area (Å²) in [6, 6.07) is 15.4. The fraction of sp³-hybridized carbons (Fsp3) is 0.419. The first-order valence-electron chi connectivity index (χ1n) is 14.8. The Kier molecular flexibility index (Phi) is 10.1. The minimum absolute atomic E-state index is 0.0491. The van der Waals surface area contributed by atoms with E-state index < -0.39 is 64.7 Å². The zero-order valence-corrected chi connectivity index (χ0v) is 27.2. The highest BCUT2D eigenvalue weighted by Crippen LogP contribution is 2.44. The van der Waals surface area contributed by atoms with E-state index in [-0.39, 0.29) is 31.2 Å². The minimum Gasteiger partial charge on any atom is -0.432 e. The lowest BCUT2D eigenvalue weighted by molar-refractivity contribution is -0.0404. The van der Waals surface area contributed by atoms with Crippen molar-refractivity contribution in [3.8, 4) is 11.1 Å². The number of carbonyl (C=O) groups excluding carboxylic acids is 1. The molecule has 2 aliphatic rings. The number of aromatic amines is 1. The second kappa shape index (κ2) is 13.7. The Labute approximate surface area is 266 Å². The van der Waals surface area contributed by atoms with E-state index in [2.05, 4.69) is 20.8 Å². The van der Waals surface area contributed by atoms with Crippen LogP contribution in [0.5, 0.6) is 0 Å². The van der Waals surface area contributed by atoms with Gasteiger partial charge in [0.05, 0.1) is 11.9 Å². The standard InChI is InChI=1S/C31H38N3O10PS/c1-45(2,3)14-12-25-26(35)27(36)29(43-25)34-17-19(28(37)33-30(34)38)16-32-13-15-46(40,41)44-31(39)42-18-24-22-10-6-4-8-20(22)21-9-5-7-11-23(21)24/h4-11,17,24-27,29,32,35-36H,1,12-16,18H2,2-3H3,(H,33,37,38)/t25-,26-,27-,29?/m1/s1. The lowest BCUT2D eigenvalue weighted by Gasteiger charge is -2.19. The van der Waals surface area contributed by atoms with Gasteiger partial charge in [-0.1, -0.05) is 48.5 Å². The first-order valence-corrected chi connectivity index (χ1v) is 19.4. The molecule has 2 aromatic carbocycles. The predicted octanol–water partition coefficient (Wildman–Crippen LogP) is 1.64. The highest BCUT2D eigenvalue weighted by atomic mass is 32.2. The van der Waals surface area contributed by atoms with E-state index in [1.807, 2.05) is 61.9 Å². The lowest BCUT2D eigenvalue weighted by Crippen LogP contribution is -2.39. The van der Waals surface area contributed by atoms with Crippen molar-refractivity contribution in [1.29, 1.82) is 0 Å². The summed E-state index contributed by atoms with van der Waals surface area (Å²) in [4.78, 5) is 39.5. The number of rotatable bonds is 12. The summed E-state index contributed by atoms with van der Waals surface area (Å²) >= 11 is 0. The molecule has 13 nitrogen and oxygen atoms in total. The summed E-state index contributed by atoms with van der Waals surface area (Å²) in [5.41, 5.74) is 2.47. The summed E-state index contributed by atoms with van der Waals surface area (Å²) in [5.74, 6) is -0.879. The first kappa shape index (κ1) is 33.8. The summed E-state index contributed by atoms with van der Waals surface area (Å²) < 4.78 is 41.5. The van der Waals surface area contributed by atoms with Crippen LogP contribution in [0.4, 0.5) is 4.79 Å². The summed E-state index contributed by atoms with van der Waals surface area (Å²) in [5, 5.41) is 23.9. The van der Waals surface area contributed by atoms with Crippen LogP contribution in [0.25, 0.3) is 11.1 Å². The molecule has 1 fully saturated rings. The van der Waals surface area contributed by atoms with Crippen molar-refractivity contribution in [3.63, 3.8) is 0 Å². The molecule has 248 valence electrons. The van der Waals surface area contributed by atoms with Gasteiger partial charge >= 0.3 is 22.0 Å². The fourth-order valence-corrected chi connectivity index (χ4v) is 7.38. The maximum absolute atomic E-state index is 12.5. The molecule has 3 aromatic rings. The fourth-order valence-electron chi connectivity index (χ4n) is 5.70. The van der Waals surface area contributed by atoms with E-state index >= 15 is 0 Å². The Morgan fingerprint density at radius 1 is 1.07 bits per heavy atom. The van der Waals surface area contributed by atoms with Crippen LogP contribution in [0.15, 0.2) is 64.3 Å². The van der Waals surface area contributed by atoms with Crippen LogP contribution < -0.4 is 16.6 Å². The molecule has 1 aliphatic heterocycles. The Morgan fingerprint density at radius 3 is 2.33 bits per heavy atom. The van der Waals surface area contributed by atoms with E-state index in [4.69, 9.17) is 9.47 Å². The molecule has 15 heteroatoms. The second-order valence-corrected chi connectivity index (χ2v) is 18.1. The van der Waals surface area contributed by atoms with E-state index in [0.29, 0.717) is 12.6 Å². The van der Waals surface area contributed by atoms with Gasteiger partial charge in [0.1, 0.15) is 18.8 Å². The summed E-state index contributed by atoms with van der Waals surface area (Å²) in [7, 11) is -4.34. The van der Waals surface area contributed by atoms with Gasteiger partial charge in [-0.15, -0.1) is 13.2 Å². The monoisotopic (exact) mass is 675 g/mol. The molecule has 46 heavy (non-hydrogen) atoms. The predicted molar refractivity (Wildman–Crippen MR) is 174 cm³/mol. The topological polar surface area (TPSA) is 186 Å². The molecule has 2 heterocycles. The van der Waals surface area contributed by atoms with Gasteiger partial charge in [-0.25, -0.2) is 9.59 Å². The molecule has 0 bridgehead atoms. The van der Waals surface area contributed by atoms with E-state index in [0.717, 1.165) is 26.8 Å². The van der Waals surface area contributed by atoms with Crippen molar-refractivity contribution >= 4 is 29.5 Å². The molecular weight excluding hydrogens is 637 g/mol. The molecule has 1 aromatic heterocycles. The molecule has 0 spiro atoms. The minimum atomic E-state index is -4.34. The van der Waals surface area contributed by atoms with Gasteiger partial charge in [-0.2, -0.15) is 8.42 Å². The van der Waals surface area contributed by atoms with Crippen molar-refractivity contribution in [2.75, 3.05) is 38.4 Å². The highest BCUT2D eigenvalue weighted by Gasteiger charge is 2.44. The Morgan fingerprint density at radius 2 is 1.70 bits per heavy atom.